The van der Waals surface area contributed by atoms with Gasteiger partial charge in [0.15, 0.2) is 0 Å². The summed E-state index contributed by atoms with van der Waals surface area (Å²) in [5, 5.41) is 8.86. The van der Waals surface area contributed by atoms with Crippen LogP contribution in [0.4, 0.5) is 5.82 Å². The van der Waals surface area contributed by atoms with Crippen molar-refractivity contribution in [2.24, 2.45) is 0 Å². The number of aromatic nitrogens is 1. The fraction of sp³-hybridized carbons (Fsp3) is 0.562. The molecule has 2 aliphatic rings. The van der Waals surface area contributed by atoms with E-state index in [4.69, 9.17) is 10.00 Å². The summed E-state index contributed by atoms with van der Waals surface area (Å²) >= 11 is 0. The van der Waals surface area contributed by atoms with Gasteiger partial charge in [0.1, 0.15) is 11.9 Å². The number of ether oxygens (including phenoxy) is 1. The van der Waals surface area contributed by atoms with Crippen molar-refractivity contribution in [2.75, 3.05) is 51.8 Å². The number of carbonyl (C=O) groups is 1. The van der Waals surface area contributed by atoms with Gasteiger partial charge in [-0.05, 0) is 12.1 Å². The number of rotatable bonds is 3. The summed E-state index contributed by atoms with van der Waals surface area (Å²) in [6.45, 7) is 3.39. The lowest BCUT2D eigenvalue weighted by Crippen LogP contribution is -2.53. The van der Waals surface area contributed by atoms with Crippen molar-refractivity contribution in [1.29, 1.82) is 5.26 Å². The fourth-order valence-electron chi connectivity index (χ4n) is 3.10. The molecule has 3 heterocycles. The van der Waals surface area contributed by atoms with Crippen LogP contribution in [0.15, 0.2) is 18.3 Å². The van der Waals surface area contributed by atoms with Gasteiger partial charge in [-0.2, -0.15) is 5.26 Å². The van der Waals surface area contributed by atoms with Crippen LogP contribution in [0.25, 0.3) is 0 Å². The topological polar surface area (TPSA) is 72.7 Å². The molecule has 0 unspecified atom stereocenters. The highest BCUT2D eigenvalue weighted by atomic mass is 16.5. The minimum Gasteiger partial charge on any atom is -0.373 e. The van der Waals surface area contributed by atoms with Crippen molar-refractivity contribution < 1.29 is 9.53 Å². The molecule has 0 spiro atoms. The van der Waals surface area contributed by atoms with Crippen LogP contribution in [0.2, 0.25) is 0 Å². The predicted molar refractivity (Wildman–Crippen MR) is 85.0 cm³/mol. The molecule has 1 aromatic rings. The van der Waals surface area contributed by atoms with Gasteiger partial charge in [0.25, 0.3) is 0 Å². The highest BCUT2D eigenvalue weighted by Gasteiger charge is 2.41. The van der Waals surface area contributed by atoms with E-state index in [0.717, 1.165) is 25.5 Å². The summed E-state index contributed by atoms with van der Waals surface area (Å²) in [5.41, 5.74) is 0.555. The van der Waals surface area contributed by atoms with Crippen molar-refractivity contribution in [3.8, 4) is 6.07 Å². The Balaban J connectivity index is 1.70. The van der Waals surface area contributed by atoms with Crippen molar-refractivity contribution in [2.45, 2.75) is 12.1 Å². The number of pyridine rings is 1. The second-order valence-electron chi connectivity index (χ2n) is 6.16. The molecule has 2 atom stereocenters. The Morgan fingerprint density at radius 3 is 2.96 bits per heavy atom. The molecule has 1 amide bonds. The van der Waals surface area contributed by atoms with Gasteiger partial charge in [0.2, 0.25) is 5.91 Å². The fourth-order valence-corrected chi connectivity index (χ4v) is 3.10. The largest absolute Gasteiger partial charge is 0.373 e. The number of morpholine rings is 1. The zero-order valence-electron chi connectivity index (χ0n) is 13.5. The molecule has 3 rings (SSSR count). The number of fused-ring (bicyclic) bond motifs is 1. The van der Waals surface area contributed by atoms with E-state index < -0.39 is 0 Å². The number of nitrogens with zero attached hydrogens (tertiary/aromatic N) is 5. The zero-order valence-corrected chi connectivity index (χ0v) is 13.5. The third-order valence-electron chi connectivity index (χ3n) is 4.45. The molecule has 1 aromatic heterocycles. The first kappa shape index (κ1) is 15.7. The van der Waals surface area contributed by atoms with Crippen LogP contribution in [0.3, 0.4) is 0 Å². The third-order valence-corrected chi connectivity index (χ3v) is 4.45. The highest BCUT2D eigenvalue weighted by molar-refractivity contribution is 5.77. The molecule has 7 heteroatoms. The minimum atomic E-state index is 0.0937. The Morgan fingerprint density at radius 1 is 1.48 bits per heavy atom. The van der Waals surface area contributed by atoms with E-state index in [2.05, 4.69) is 20.9 Å². The first-order chi connectivity index (χ1) is 11.1. The SMILES string of the molecule is CN(C)C(=O)CN1CCO[C@@H]2CN(c3ccc(C#N)cn3)C[C@@H]21. The van der Waals surface area contributed by atoms with E-state index in [0.29, 0.717) is 18.7 Å². The number of hydrogen-bond acceptors (Lipinski definition) is 6. The Morgan fingerprint density at radius 2 is 2.30 bits per heavy atom. The van der Waals surface area contributed by atoms with Gasteiger partial charge in [-0.15, -0.1) is 0 Å². The van der Waals surface area contributed by atoms with E-state index in [1.54, 1.807) is 31.3 Å². The Labute approximate surface area is 136 Å². The normalized spacial score (nSPS) is 24.1. The molecule has 0 aliphatic carbocycles. The molecule has 0 saturated carbocycles. The minimum absolute atomic E-state index is 0.0937. The summed E-state index contributed by atoms with van der Waals surface area (Å²) in [6, 6.07) is 5.92. The molecule has 122 valence electrons. The number of hydrogen-bond donors (Lipinski definition) is 0. The lowest BCUT2D eigenvalue weighted by Gasteiger charge is -2.36. The second-order valence-corrected chi connectivity index (χ2v) is 6.16. The van der Waals surface area contributed by atoms with Crippen LogP contribution in [-0.4, -0.2) is 79.7 Å². The van der Waals surface area contributed by atoms with E-state index in [1.807, 2.05) is 6.07 Å². The van der Waals surface area contributed by atoms with Crippen molar-refractivity contribution in [1.82, 2.24) is 14.8 Å². The van der Waals surface area contributed by atoms with Gasteiger partial charge in [0, 0.05) is 39.9 Å². The number of carbonyl (C=O) groups excluding carboxylic acids is 1. The van der Waals surface area contributed by atoms with Gasteiger partial charge in [-0.1, -0.05) is 0 Å². The summed E-state index contributed by atoms with van der Waals surface area (Å²) in [7, 11) is 3.56. The van der Waals surface area contributed by atoms with Crippen LogP contribution < -0.4 is 4.90 Å². The van der Waals surface area contributed by atoms with E-state index >= 15 is 0 Å². The lowest BCUT2D eigenvalue weighted by atomic mass is 10.1. The van der Waals surface area contributed by atoms with Gasteiger partial charge in [-0.25, -0.2) is 4.98 Å². The van der Waals surface area contributed by atoms with Gasteiger partial charge >= 0.3 is 0 Å². The lowest BCUT2D eigenvalue weighted by molar-refractivity contribution is -0.133. The Hall–Kier alpha value is -2.17. The predicted octanol–water partition coefficient (Wildman–Crippen LogP) is -0.0691. The molecule has 0 aromatic carbocycles. The average Bonchev–Trinajstić information content (AvgIpc) is 3.00. The molecule has 0 bridgehead atoms. The van der Waals surface area contributed by atoms with Crippen LogP contribution in [-0.2, 0) is 9.53 Å². The maximum atomic E-state index is 12.0. The monoisotopic (exact) mass is 315 g/mol. The number of amides is 1. The maximum Gasteiger partial charge on any atom is 0.236 e. The third kappa shape index (κ3) is 3.28. The zero-order chi connectivity index (χ0) is 16.4. The number of nitriles is 1. The standard InChI is InChI=1S/C16H21N5O2/c1-19(2)16(22)11-20-5-6-23-14-10-21(9-13(14)20)15-4-3-12(7-17)8-18-15/h3-4,8,13-14H,5-6,9-11H2,1-2H3/t13-,14+/m0/s1. The van der Waals surface area contributed by atoms with Crippen LogP contribution >= 0.6 is 0 Å². The van der Waals surface area contributed by atoms with Gasteiger partial charge in [0.05, 0.1) is 30.9 Å². The van der Waals surface area contributed by atoms with E-state index in [1.165, 1.54) is 0 Å². The van der Waals surface area contributed by atoms with Crippen LogP contribution in [0.5, 0.6) is 0 Å². The molecule has 2 aliphatic heterocycles. The number of likely N-dealkylation sites (N-methyl/N-ethyl adjacent to an activating group) is 1. The first-order valence-corrected chi connectivity index (χ1v) is 7.75. The van der Waals surface area contributed by atoms with E-state index in [-0.39, 0.29) is 18.1 Å². The molecule has 2 saturated heterocycles. The molecule has 0 N–H and O–H groups in total. The number of anilines is 1. The van der Waals surface area contributed by atoms with Crippen molar-refractivity contribution in [3.05, 3.63) is 23.9 Å². The molecule has 23 heavy (non-hydrogen) atoms. The van der Waals surface area contributed by atoms with Crippen LogP contribution in [0, 0.1) is 11.3 Å². The summed E-state index contributed by atoms with van der Waals surface area (Å²) in [5.74, 6) is 0.960. The second kappa shape index (κ2) is 6.52. The summed E-state index contributed by atoms with van der Waals surface area (Å²) < 4.78 is 5.88. The van der Waals surface area contributed by atoms with Gasteiger partial charge in [-0.3, -0.25) is 9.69 Å². The van der Waals surface area contributed by atoms with Crippen molar-refractivity contribution >= 4 is 11.7 Å². The maximum absolute atomic E-state index is 12.0. The molecular formula is C16H21N5O2. The highest BCUT2D eigenvalue weighted by Crippen LogP contribution is 2.26. The quantitative estimate of drug-likeness (QED) is 0.777. The van der Waals surface area contributed by atoms with Crippen LogP contribution in [0.1, 0.15) is 5.56 Å². The van der Waals surface area contributed by atoms with Gasteiger partial charge < -0.3 is 14.5 Å². The molecule has 7 nitrogen and oxygen atoms in total. The Bertz CT molecular complexity index is 610. The Kier molecular flexibility index (Phi) is 4.46. The van der Waals surface area contributed by atoms with E-state index in [9.17, 15) is 4.79 Å². The smallest absolute Gasteiger partial charge is 0.236 e. The molecular weight excluding hydrogens is 294 g/mol. The molecule has 0 radical (unpaired) electrons. The van der Waals surface area contributed by atoms with Crippen molar-refractivity contribution in [3.63, 3.8) is 0 Å². The molecule has 2 fully saturated rings. The average molecular weight is 315 g/mol. The summed E-state index contributed by atoms with van der Waals surface area (Å²) in [4.78, 5) is 22.4. The first-order valence-electron chi connectivity index (χ1n) is 7.75. The summed E-state index contributed by atoms with van der Waals surface area (Å²) in [6.07, 6.45) is 1.68.